The van der Waals surface area contributed by atoms with Gasteiger partial charge in [0.05, 0.1) is 11.0 Å². The minimum Gasteiger partial charge on any atom is -0.393 e. The molecule has 0 spiro atoms. The fourth-order valence-electron chi connectivity index (χ4n) is 2.80. The summed E-state index contributed by atoms with van der Waals surface area (Å²) < 4.78 is 0. The second-order valence-electron chi connectivity index (χ2n) is 5.78. The summed E-state index contributed by atoms with van der Waals surface area (Å²) in [7, 11) is 0. The summed E-state index contributed by atoms with van der Waals surface area (Å²) in [5.41, 5.74) is 1.05. The van der Waals surface area contributed by atoms with Crippen LogP contribution in [0.15, 0.2) is 18.2 Å². The van der Waals surface area contributed by atoms with Crippen molar-refractivity contribution in [2.24, 2.45) is 5.92 Å². The van der Waals surface area contributed by atoms with Crippen molar-refractivity contribution in [2.45, 2.75) is 38.7 Å². The Bertz CT molecular complexity index is 562. The average molecular weight is 307 g/mol. The molecule has 0 unspecified atom stereocenters. The van der Waals surface area contributed by atoms with Gasteiger partial charge in [-0.1, -0.05) is 6.42 Å². The van der Waals surface area contributed by atoms with Gasteiger partial charge in [0.2, 0.25) is 0 Å². The highest BCUT2D eigenvalue weighted by Gasteiger charge is 2.20. The molecule has 7 nitrogen and oxygen atoms in total. The van der Waals surface area contributed by atoms with Crippen LogP contribution in [-0.4, -0.2) is 28.7 Å². The third-order valence-corrected chi connectivity index (χ3v) is 3.96. The van der Waals surface area contributed by atoms with E-state index in [1.165, 1.54) is 12.1 Å². The molecule has 0 saturated heterocycles. The molecule has 0 aliphatic heterocycles. The zero-order valence-corrected chi connectivity index (χ0v) is 12.5. The molecule has 1 saturated carbocycles. The zero-order valence-electron chi connectivity index (χ0n) is 12.5. The molecule has 22 heavy (non-hydrogen) atoms. The van der Waals surface area contributed by atoms with E-state index < -0.39 is 4.92 Å². The van der Waals surface area contributed by atoms with Gasteiger partial charge >= 0.3 is 6.03 Å². The minimum absolute atomic E-state index is 0.0298. The van der Waals surface area contributed by atoms with E-state index in [2.05, 4.69) is 10.6 Å². The molecule has 0 aromatic heterocycles. The van der Waals surface area contributed by atoms with Crippen LogP contribution in [0.5, 0.6) is 0 Å². The van der Waals surface area contributed by atoms with Gasteiger partial charge in [-0.2, -0.15) is 0 Å². The van der Waals surface area contributed by atoms with Gasteiger partial charge in [0, 0.05) is 23.9 Å². The van der Waals surface area contributed by atoms with Crippen LogP contribution in [0.2, 0.25) is 0 Å². The number of amides is 2. The van der Waals surface area contributed by atoms with Crippen molar-refractivity contribution in [1.29, 1.82) is 0 Å². The summed E-state index contributed by atoms with van der Waals surface area (Å²) >= 11 is 0. The van der Waals surface area contributed by atoms with Crippen molar-refractivity contribution in [3.05, 3.63) is 33.9 Å². The van der Waals surface area contributed by atoms with E-state index in [1.54, 1.807) is 13.0 Å². The normalized spacial score (nSPS) is 21.2. The van der Waals surface area contributed by atoms with Crippen LogP contribution >= 0.6 is 0 Å². The molecule has 2 atom stereocenters. The van der Waals surface area contributed by atoms with Gasteiger partial charge in [-0.05, 0) is 44.2 Å². The van der Waals surface area contributed by atoms with Crippen LogP contribution in [-0.2, 0) is 0 Å². The SMILES string of the molecule is Cc1cc(NC(=O)NC[C@H]2CCC[C@H](O)C2)ccc1[N+](=O)[O-]. The number of nitro benzene ring substituents is 1. The number of rotatable bonds is 4. The van der Waals surface area contributed by atoms with Gasteiger partial charge in [-0.15, -0.1) is 0 Å². The number of nitrogens with one attached hydrogen (secondary N) is 2. The highest BCUT2D eigenvalue weighted by Crippen LogP contribution is 2.24. The number of hydrogen-bond donors (Lipinski definition) is 3. The minimum atomic E-state index is -0.451. The zero-order chi connectivity index (χ0) is 16.1. The van der Waals surface area contributed by atoms with Gasteiger partial charge in [-0.3, -0.25) is 10.1 Å². The van der Waals surface area contributed by atoms with E-state index >= 15 is 0 Å². The third-order valence-electron chi connectivity index (χ3n) is 3.96. The first-order valence-corrected chi connectivity index (χ1v) is 7.43. The topological polar surface area (TPSA) is 104 Å². The van der Waals surface area contributed by atoms with Gasteiger partial charge in [0.1, 0.15) is 0 Å². The van der Waals surface area contributed by atoms with E-state index in [0.717, 1.165) is 25.7 Å². The standard InChI is InChI=1S/C15H21N3O4/c1-10-7-12(5-6-14(10)18(21)22)17-15(20)16-9-11-3-2-4-13(19)8-11/h5-7,11,13,19H,2-4,8-9H2,1H3,(H2,16,17,20)/t11-,13-/m0/s1. The fraction of sp³-hybridized carbons (Fsp3) is 0.533. The molecule has 2 rings (SSSR count). The van der Waals surface area contributed by atoms with Crippen LogP contribution < -0.4 is 10.6 Å². The molecular formula is C15H21N3O4. The summed E-state index contributed by atoms with van der Waals surface area (Å²) in [6, 6.07) is 4.12. The van der Waals surface area contributed by atoms with E-state index in [1.807, 2.05) is 0 Å². The van der Waals surface area contributed by atoms with Crippen LogP contribution in [0.4, 0.5) is 16.2 Å². The molecule has 0 heterocycles. The lowest BCUT2D eigenvalue weighted by Crippen LogP contribution is -2.35. The number of carbonyl (C=O) groups excluding carboxylic acids is 1. The molecular weight excluding hydrogens is 286 g/mol. The second-order valence-corrected chi connectivity index (χ2v) is 5.78. The largest absolute Gasteiger partial charge is 0.393 e. The molecule has 1 aromatic rings. The Morgan fingerprint density at radius 2 is 2.23 bits per heavy atom. The maximum Gasteiger partial charge on any atom is 0.319 e. The Morgan fingerprint density at radius 3 is 2.86 bits per heavy atom. The summed E-state index contributed by atoms with van der Waals surface area (Å²) in [5, 5.41) is 25.8. The van der Waals surface area contributed by atoms with E-state index in [-0.39, 0.29) is 17.8 Å². The Balaban J connectivity index is 1.84. The van der Waals surface area contributed by atoms with Gasteiger partial charge in [0.25, 0.3) is 5.69 Å². The predicted molar refractivity (Wildman–Crippen MR) is 82.8 cm³/mol. The first-order chi connectivity index (χ1) is 10.5. The van der Waals surface area contributed by atoms with Crippen molar-refractivity contribution in [3.63, 3.8) is 0 Å². The smallest absolute Gasteiger partial charge is 0.319 e. The number of carbonyl (C=O) groups is 1. The number of anilines is 1. The molecule has 1 fully saturated rings. The Morgan fingerprint density at radius 1 is 1.45 bits per heavy atom. The first kappa shape index (κ1) is 16.2. The average Bonchev–Trinajstić information content (AvgIpc) is 2.45. The maximum atomic E-state index is 11.8. The fourth-order valence-corrected chi connectivity index (χ4v) is 2.80. The van der Waals surface area contributed by atoms with Crippen LogP contribution in [0.3, 0.4) is 0 Å². The molecule has 7 heteroatoms. The first-order valence-electron chi connectivity index (χ1n) is 7.43. The number of aliphatic hydroxyl groups is 1. The highest BCUT2D eigenvalue weighted by molar-refractivity contribution is 5.89. The lowest BCUT2D eigenvalue weighted by Gasteiger charge is -2.25. The number of hydrogen-bond acceptors (Lipinski definition) is 4. The number of urea groups is 1. The van der Waals surface area contributed by atoms with Gasteiger partial charge in [0.15, 0.2) is 0 Å². The quantitative estimate of drug-likeness (QED) is 0.587. The molecule has 1 aromatic carbocycles. The lowest BCUT2D eigenvalue weighted by atomic mass is 9.87. The summed E-state index contributed by atoms with van der Waals surface area (Å²) in [5.74, 6) is 0.299. The number of benzene rings is 1. The number of nitrogens with zero attached hydrogens (tertiary/aromatic N) is 1. The summed E-state index contributed by atoms with van der Waals surface area (Å²) in [6.07, 6.45) is 3.28. The Hall–Kier alpha value is -2.15. The summed E-state index contributed by atoms with van der Waals surface area (Å²) in [6.45, 7) is 2.15. The molecule has 1 aliphatic rings. The predicted octanol–water partition coefficient (Wildman–Crippen LogP) is 2.58. The van der Waals surface area contributed by atoms with Gasteiger partial charge < -0.3 is 15.7 Å². The molecule has 1 aliphatic carbocycles. The third kappa shape index (κ3) is 4.42. The number of aryl methyl sites for hydroxylation is 1. The van der Waals surface area contributed by atoms with Crippen LogP contribution in [0.1, 0.15) is 31.2 Å². The van der Waals surface area contributed by atoms with Gasteiger partial charge in [-0.25, -0.2) is 4.79 Å². The van der Waals surface area contributed by atoms with Crippen molar-refractivity contribution in [3.8, 4) is 0 Å². The highest BCUT2D eigenvalue weighted by atomic mass is 16.6. The Labute approximate surface area is 128 Å². The van der Waals surface area contributed by atoms with Crippen molar-refractivity contribution >= 4 is 17.4 Å². The van der Waals surface area contributed by atoms with Crippen LogP contribution in [0.25, 0.3) is 0 Å². The lowest BCUT2D eigenvalue weighted by molar-refractivity contribution is -0.385. The molecule has 0 bridgehead atoms. The monoisotopic (exact) mass is 307 g/mol. The van der Waals surface area contributed by atoms with E-state index in [0.29, 0.717) is 23.7 Å². The van der Waals surface area contributed by atoms with E-state index in [9.17, 15) is 20.0 Å². The van der Waals surface area contributed by atoms with Crippen LogP contribution in [0, 0.1) is 23.0 Å². The maximum absolute atomic E-state index is 11.8. The second kappa shape index (κ2) is 7.22. The van der Waals surface area contributed by atoms with E-state index in [4.69, 9.17) is 0 Å². The number of aliphatic hydroxyl groups excluding tert-OH is 1. The summed E-state index contributed by atoms with van der Waals surface area (Å²) in [4.78, 5) is 22.1. The molecule has 2 amide bonds. The number of nitro groups is 1. The van der Waals surface area contributed by atoms with Crippen molar-refractivity contribution < 1.29 is 14.8 Å². The van der Waals surface area contributed by atoms with Crippen molar-refractivity contribution in [2.75, 3.05) is 11.9 Å². The molecule has 0 radical (unpaired) electrons. The van der Waals surface area contributed by atoms with Crippen molar-refractivity contribution in [1.82, 2.24) is 5.32 Å². The molecule has 120 valence electrons. The molecule has 3 N–H and O–H groups in total. The Kier molecular flexibility index (Phi) is 5.32.